The van der Waals surface area contributed by atoms with Crippen molar-refractivity contribution in [2.75, 3.05) is 13.2 Å². The fourth-order valence-electron chi connectivity index (χ4n) is 2.55. The van der Waals surface area contributed by atoms with Crippen molar-refractivity contribution in [3.05, 3.63) is 59.7 Å². The number of carboxylic acids is 2. The smallest absolute Gasteiger partial charge is 0.337 e. The van der Waals surface area contributed by atoms with Gasteiger partial charge in [-0.1, -0.05) is 36.4 Å². The van der Waals surface area contributed by atoms with Gasteiger partial charge in [0.2, 0.25) is 0 Å². The number of fused-ring (bicyclic) bond motifs is 1. The van der Waals surface area contributed by atoms with Gasteiger partial charge in [-0.2, -0.15) is 0 Å². The predicted molar refractivity (Wildman–Crippen MR) is 86.0 cm³/mol. The third-order valence-electron chi connectivity index (χ3n) is 3.57. The number of aliphatic carboxylic acids is 2. The van der Waals surface area contributed by atoms with Crippen molar-refractivity contribution >= 4 is 23.1 Å². The molecule has 3 rings (SSSR count). The van der Waals surface area contributed by atoms with Gasteiger partial charge in [0.25, 0.3) is 0 Å². The lowest BCUT2D eigenvalue weighted by Crippen LogP contribution is -2.16. The molecular weight excluding hydrogens is 312 g/mol. The van der Waals surface area contributed by atoms with E-state index in [4.69, 9.17) is 9.47 Å². The van der Waals surface area contributed by atoms with Crippen molar-refractivity contribution in [3.63, 3.8) is 0 Å². The molecule has 0 fully saturated rings. The number of ether oxygens (including phenoxy) is 2. The summed E-state index contributed by atoms with van der Waals surface area (Å²) in [4.78, 5) is 23.5. The van der Waals surface area contributed by atoms with Crippen LogP contribution in [0.15, 0.2) is 48.5 Å². The van der Waals surface area contributed by atoms with E-state index < -0.39 is 11.9 Å². The summed E-state index contributed by atoms with van der Waals surface area (Å²) < 4.78 is 10.9. The zero-order valence-corrected chi connectivity index (χ0v) is 12.6. The normalized spacial score (nSPS) is 13.8. The van der Waals surface area contributed by atoms with Crippen molar-refractivity contribution in [1.29, 1.82) is 0 Å². The fraction of sp³-hybridized carbons (Fsp3) is 0.111. The van der Waals surface area contributed by atoms with Crippen molar-refractivity contribution in [1.82, 2.24) is 0 Å². The molecule has 122 valence electrons. The molecule has 0 aliphatic carbocycles. The second-order valence-corrected chi connectivity index (χ2v) is 5.08. The molecule has 0 spiro atoms. The van der Waals surface area contributed by atoms with E-state index in [0.717, 1.165) is 0 Å². The lowest BCUT2D eigenvalue weighted by atomic mass is 9.94. The molecule has 0 bridgehead atoms. The third-order valence-corrected chi connectivity index (χ3v) is 3.57. The van der Waals surface area contributed by atoms with Crippen LogP contribution in [-0.4, -0.2) is 35.4 Å². The van der Waals surface area contributed by atoms with Crippen LogP contribution < -0.4 is 9.47 Å². The minimum absolute atomic E-state index is 0.244. The third kappa shape index (κ3) is 2.94. The molecule has 2 N–H and O–H groups in total. The van der Waals surface area contributed by atoms with Gasteiger partial charge in [0.05, 0.1) is 11.1 Å². The number of carbonyl (C=O) groups is 2. The van der Waals surface area contributed by atoms with Crippen LogP contribution in [0.2, 0.25) is 0 Å². The minimum atomic E-state index is -1.33. The van der Waals surface area contributed by atoms with Gasteiger partial charge in [0.1, 0.15) is 13.2 Å². The standard InChI is InChI=1S/C18H14O6/c19-17(20)15(11-4-2-1-3-5-11)16(18(21)22)12-6-7-13-14(10-12)24-9-8-23-13/h1-7,10H,8-9H2,(H,19,20)(H,21,22)/b16-15-. The minimum Gasteiger partial charge on any atom is -0.486 e. The summed E-state index contributed by atoms with van der Waals surface area (Å²) in [7, 11) is 0. The first-order valence-corrected chi connectivity index (χ1v) is 7.24. The molecule has 0 aromatic heterocycles. The van der Waals surface area contributed by atoms with Gasteiger partial charge in [0.15, 0.2) is 11.5 Å². The molecule has 0 amide bonds. The van der Waals surface area contributed by atoms with Gasteiger partial charge in [-0.15, -0.1) is 0 Å². The zero-order chi connectivity index (χ0) is 17.1. The quantitative estimate of drug-likeness (QED) is 0.662. The van der Waals surface area contributed by atoms with Crippen LogP contribution in [0, 0.1) is 0 Å². The first-order valence-electron chi connectivity index (χ1n) is 7.24. The lowest BCUT2D eigenvalue weighted by Gasteiger charge is -2.19. The molecule has 24 heavy (non-hydrogen) atoms. The Morgan fingerprint density at radius 3 is 1.96 bits per heavy atom. The SMILES string of the molecule is O=C(O)/C(=C(\C(=O)O)c1ccc2c(c1)OCCO2)c1ccccc1. The number of hydrogen-bond donors (Lipinski definition) is 2. The van der Waals surface area contributed by atoms with Gasteiger partial charge < -0.3 is 19.7 Å². The first kappa shape index (κ1) is 15.6. The highest BCUT2D eigenvalue weighted by molar-refractivity contribution is 6.36. The molecule has 0 radical (unpaired) electrons. The molecule has 6 nitrogen and oxygen atoms in total. The average Bonchev–Trinajstić information content (AvgIpc) is 2.59. The summed E-state index contributed by atoms with van der Waals surface area (Å²) in [6, 6.07) is 12.7. The molecule has 2 aromatic carbocycles. The van der Waals surface area contributed by atoms with Crippen molar-refractivity contribution in [2.45, 2.75) is 0 Å². The summed E-state index contributed by atoms with van der Waals surface area (Å²) in [6.45, 7) is 0.769. The molecule has 6 heteroatoms. The predicted octanol–water partition coefficient (Wildman–Crippen LogP) is 2.54. The Kier molecular flexibility index (Phi) is 4.20. The fourth-order valence-corrected chi connectivity index (χ4v) is 2.55. The largest absolute Gasteiger partial charge is 0.486 e. The van der Waals surface area contributed by atoms with Gasteiger partial charge >= 0.3 is 11.9 Å². The van der Waals surface area contributed by atoms with E-state index in [1.165, 1.54) is 12.1 Å². The molecule has 0 atom stereocenters. The highest BCUT2D eigenvalue weighted by Gasteiger charge is 2.25. The van der Waals surface area contributed by atoms with Gasteiger partial charge in [-0.05, 0) is 23.3 Å². The van der Waals surface area contributed by atoms with E-state index in [2.05, 4.69) is 0 Å². The summed E-state index contributed by atoms with van der Waals surface area (Å²) >= 11 is 0. The second-order valence-electron chi connectivity index (χ2n) is 5.08. The van der Waals surface area contributed by atoms with Crippen molar-refractivity contribution < 1.29 is 29.3 Å². The maximum Gasteiger partial charge on any atom is 0.337 e. The molecule has 0 unspecified atom stereocenters. The Bertz CT molecular complexity index is 823. The van der Waals surface area contributed by atoms with E-state index in [0.29, 0.717) is 30.3 Å². The molecule has 1 heterocycles. The van der Waals surface area contributed by atoms with Crippen LogP contribution in [0.3, 0.4) is 0 Å². The van der Waals surface area contributed by atoms with Gasteiger partial charge in [-0.3, -0.25) is 0 Å². The molecule has 1 aliphatic heterocycles. The molecule has 0 saturated carbocycles. The Balaban J connectivity index is 2.21. The average molecular weight is 326 g/mol. The van der Waals surface area contributed by atoms with Crippen LogP contribution in [0.1, 0.15) is 11.1 Å². The van der Waals surface area contributed by atoms with E-state index in [9.17, 15) is 19.8 Å². The highest BCUT2D eigenvalue weighted by atomic mass is 16.6. The summed E-state index contributed by atoms with van der Waals surface area (Å²) in [5.41, 5.74) is -0.0178. The van der Waals surface area contributed by atoms with Crippen LogP contribution >= 0.6 is 0 Å². The summed E-state index contributed by atoms with van der Waals surface area (Å²) in [5.74, 6) is -1.73. The Morgan fingerprint density at radius 1 is 0.750 bits per heavy atom. The Morgan fingerprint density at radius 2 is 1.33 bits per heavy atom. The summed E-state index contributed by atoms with van der Waals surface area (Å²) in [6.07, 6.45) is 0. The van der Waals surface area contributed by atoms with Crippen LogP contribution in [0.5, 0.6) is 11.5 Å². The number of hydrogen-bond acceptors (Lipinski definition) is 4. The first-order chi connectivity index (χ1) is 11.6. The van der Waals surface area contributed by atoms with E-state index in [-0.39, 0.29) is 16.7 Å². The topological polar surface area (TPSA) is 93.1 Å². The van der Waals surface area contributed by atoms with E-state index in [1.54, 1.807) is 36.4 Å². The number of benzene rings is 2. The summed E-state index contributed by atoms with van der Waals surface area (Å²) in [5, 5.41) is 19.2. The van der Waals surface area contributed by atoms with Crippen molar-refractivity contribution in [2.24, 2.45) is 0 Å². The number of carboxylic acid groups (broad SMARTS) is 2. The van der Waals surface area contributed by atoms with Crippen LogP contribution in [0.25, 0.3) is 11.1 Å². The van der Waals surface area contributed by atoms with Gasteiger partial charge in [-0.25, -0.2) is 9.59 Å². The molecular formula is C18H14O6. The monoisotopic (exact) mass is 326 g/mol. The maximum atomic E-state index is 11.8. The Hall–Kier alpha value is -3.28. The lowest BCUT2D eigenvalue weighted by molar-refractivity contribution is -0.132. The van der Waals surface area contributed by atoms with E-state index >= 15 is 0 Å². The molecule has 2 aromatic rings. The zero-order valence-electron chi connectivity index (χ0n) is 12.6. The van der Waals surface area contributed by atoms with E-state index in [1.807, 2.05) is 0 Å². The Labute approximate surface area is 137 Å². The second kappa shape index (κ2) is 6.45. The van der Waals surface area contributed by atoms with Crippen LogP contribution in [-0.2, 0) is 9.59 Å². The molecule has 0 saturated heterocycles. The van der Waals surface area contributed by atoms with Crippen LogP contribution in [0.4, 0.5) is 0 Å². The maximum absolute atomic E-state index is 11.8. The number of rotatable bonds is 4. The van der Waals surface area contributed by atoms with Gasteiger partial charge in [0, 0.05) is 0 Å². The highest BCUT2D eigenvalue weighted by Crippen LogP contribution is 2.35. The van der Waals surface area contributed by atoms with Crippen molar-refractivity contribution in [3.8, 4) is 11.5 Å². The molecule has 1 aliphatic rings.